The number of ether oxygens (including phenoxy) is 1. The molecule has 204 valence electrons. The summed E-state index contributed by atoms with van der Waals surface area (Å²) in [7, 11) is -2.69. The lowest BCUT2D eigenvalue weighted by Gasteiger charge is -2.31. The standard InChI is InChI=1S/C35H29NO4S/c1-22-15-17-28(18-16-22)41(38,39)36-21-31-32(25-11-7-5-8-12-25)23(2)29-19-27(35(37)40-4)20-30(33(29)31)24(3)34(36)26-13-9-6-10-14-26/h5-21,34H,3H2,1-2,4H3. The Hall–Kier alpha value is -4.68. The van der Waals surface area contributed by atoms with Gasteiger partial charge in [-0.1, -0.05) is 84.9 Å². The van der Waals surface area contributed by atoms with Crippen LogP contribution in [0.15, 0.2) is 115 Å². The van der Waals surface area contributed by atoms with E-state index in [0.29, 0.717) is 11.1 Å². The third-order valence-corrected chi connectivity index (χ3v) is 9.58. The number of carbonyl (C=O) groups is 1. The number of hydrogen-bond donors (Lipinski definition) is 0. The van der Waals surface area contributed by atoms with Crippen LogP contribution in [0, 0.1) is 6.92 Å². The second kappa shape index (κ2) is 10.1. The molecule has 0 amide bonds. The number of benzene rings is 4. The van der Waals surface area contributed by atoms with E-state index in [0.717, 1.165) is 50.1 Å². The normalized spacial score (nSPS) is 16.3. The maximum Gasteiger partial charge on any atom is 0.337 e. The number of methoxy groups -OCH3 is 1. The van der Waals surface area contributed by atoms with Crippen LogP contribution in [-0.4, -0.2) is 25.8 Å². The lowest BCUT2D eigenvalue weighted by Crippen LogP contribution is -2.31. The second-order valence-corrected chi connectivity index (χ2v) is 12.2. The molecule has 0 saturated heterocycles. The van der Waals surface area contributed by atoms with Crippen LogP contribution in [0.3, 0.4) is 0 Å². The molecule has 0 spiro atoms. The summed E-state index contributed by atoms with van der Waals surface area (Å²) in [5, 5.41) is 0. The topological polar surface area (TPSA) is 63.7 Å². The highest BCUT2D eigenvalue weighted by atomic mass is 32.2. The quantitative estimate of drug-likeness (QED) is 0.237. The summed E-state index contributed by atoms with van der Waals surface area (Å²) in [6, 6.07) is 29.1. The fourth-order valence-corrected chi connectivity index (χ4v) is 7.30. The number of sulfonamides is 1. The van der Waals surface area contributed by atoms with Crippen LogP contribution >= 0.6 is 0 Å². The molecule has 1 atom stereocenters. The van der Waals surface area contributed by atoms with Crippen LogP contribution in [0.2, 0.25) is 0 Å². The fourth-order valence-electron chi connectivity index (χ4n) is 5.81. The van der Waals surface area contributed by atoms with Gasteiger partial charge in [-0.25, -0.2) is 13.2 Å². The Labute approximate surface area is 240 Å². The van der Waals surface area contributed by atoms with Crippen molar-refractivity contribution in [1.29, 1.82) is 0 Å². The maximum atomic E-state index is 14.5. The predicted molar refractivity (Wildman–Crippen MR) is 163 cm³/mol. The van der Waals surface area contributed by atoms with E-state index >= 15 is 0 Å². The van der Waals surface area contributed by atoms with E-state index < -0.39 is 22.0 Å². The zero-order chi connectivity index (χ0) is 28.9. The third kappa shape index (κ3) is 4.32. The Morgan fingerprint density at radius 1 is 0.854 bits per heavy atom. The Morgan fingerprint density at radius 3 is 2.10 bits per heavy atom. The van der Waals surface area contributed by atoms with Crippen LogP contribution in [0.4, 0.5) is 0 Å². The summed E-state index contributed by atoms with van der Waals surface area (Å²) in [6.45, 7) is 8.42. The SMILES string of the molecule is C=C1c2cc(C(=O)OC)cc3c2C(=CN(S(=O)(=O)c2ccc(C)cc2)C1c1ccccc1)C(c1ccccc1)=C3C. The molecule has 1 aliphatic carbocycles. The van der Waals surface area contributed by atoms with E-state index in [4.69, 9.17) is 4.74 Å². The lowest BCUT2D eigenvalue weighted by atomic mass is 9.87. The van der Waals surface area contributed by atoms with E-state index in [1.807, 2.05) is 80.6 Å². The van der Waals surface area contributed by atoms with Gasteiger partial charge >= 0.3 is 5.97 Å². The Kier molecular flexibility index (Phi) is 6.51. The van der Waals surface area contributed by atoms with Crippen molar-refractivity contribution in [1.82, 2.24) is 4.31 Å². The molecule has 4 aromatic carbocycles. The third-order valence-electron chi connectivity index (χ3n) is 7.84. The van der Waals surface area contributed by atoms with Crippen LogP contribution in [-0.2, 0) is 14.8 Å². The molecule has 0 saturated carbocycles. The van der Waals surface area contributed by atoms with Gasteiger partial charge < -0.3 is 4.74 Å². The van der Waals surface area contributed by atoms with Gasteiger partial charge in [0.15, 0.2) is 0 Å². The summed E-state index contributed by atoms with van der Waals surface area (Å²) in [5.74, 6) is -0.465. The van der Waals surface area contributed by atoms with Gasteiger partial charge in [-0.2, -0.15) is 0 Å². The first-order valence-corrected chi connectivity index (χ1v) is 14.8. The largest absolute Gasteiger partial charge is 0.465 e. The van der Waals surface area contributed by atoms with Crippen molar-refractivity contribution in [3.05, 3.63) is 149 Å². The average molecular weight is 560 g/mol. The highest BCUT2D eigenvalue weighted by Crippen LogP contribution is 2.54. The molecule has 6 rings (SSSR count). The van der Waals surface area contributed by atoms with E-state index in [9.17, 15) is 13.2 Å². The minimum Gasteiger partial charge on any atom is -0.465 e. The first kappa shape index (κ1) is 26.5. The van der Waals surface area contributed by atoms with Crippen molar-refractivity contribution < 1.29 is 17.9 Å². The highest BCUT2D eigenvalue weighted by Gasteiger charge is 2.40. The van der Waals surface area contributed by atoms with Gasteiger partial charge in [-0.05, 0) is 82.6 Å². The first-order chi connectivity index (χ1) is 19.7. The summed E-state index contributed by atoms with van der Waals surface area (Å²) < 4.78 is 35.6. The molecule has 6 heteroatoms. The first-order valence-electron chi connectivity index (χ1n) is 13.3. The van der Waals surface area contributed by atoms with Crippen LogP contribution in [0.1, 0.15) is 56.7 Å². The molecule has 0 aromatic heterocycles. The van der Waals surface area contributed by atoms with Crippen LogP contribution < -0.4 is 0 Å². The van der Waals surface area contributed by atoms with Crippen molar-refractivity contribution in [2.24, 2.45) is 0 Å². The Balaban J connectivity index is 1.70. The summed E-state index contributed by atoms with van der Waals surface area (Å²) in [6.07, 6.45) is 1.75. The van der Waals surface area contributed by atoms with Crippen LogP contribution in [0.25, 0.3) is 22.3 Å². The van der Waals surface area contributed by atoms with E-state index in [1.165, 1.54) is 11.4 Å². The number of nitrogens with zero attached hydrogens (tertiary/aromatic N) is 1. The molecule has 0 N–H and O–H groups in total. The molecule has 5 nitrogen and oxygen atoms in total. The van der Waals surface area contributed by atoms with Gasteiger partial charge in [0.1, 0.15) is 0 Å². The highest BCUT2D eigenvalue weighted by molar-refractivity contribution is 7.89. The fraction of sp³-hybridized carbons (Fsp3) is 0.114. The number of carbonyl (C=O) groups excluding carboxylic acids is 1. The van der Waals surface area contributed by atoms with Gasteiger partial charge in [-0.15, -0.1) is 0 Å². The molecular weight excluding hydrogens is 530 g/mol. The van der Waals surface area contributed by atoms with E-state index in [1.54, 1.807) is 36.5 Å². The molecule has 1 unspecified atom stereocenters. The van der Waals surface area contributed by atoms with Crippen molar-refractivity contribution in [2.45, 2.75) is 24.8 Å². The Morgan fingerprint density at radius 2 is 1.46 bits per heavy atom. The number of aryl methyl sites for hydroxylation is 1. The van der Waals surface area contributed by atoms with Gasteiger partial charge in [0, 0.05) is 11.8 Å². The van der Waals surface area contributed by atoms with Gasteiger partial charge in [0.25, 0.3) is 10.0 Å². The summed E-state index contributed by atoms with van der Waals surface area (Å²) in [5.41, 5.74) is 8.71. The zero-order valence-corrected chi connectivity index (χ0v) is 23.9. The molecular formula is C35H29NO4S. The molecule has 41 heavy (non-hydrogen) atoms. The van der Waals surface area contributed by atoms with Gasteiger partial charge in [0.2, 0.25) is 0 Å². The smallest absolute Gasteiger partial charge is 0.337 e. The summed E-state index contributed by atoms with van der Waals surface area (Å²) in [4.78, 5) is 13.0. The molecule has 1 heterocycles. The predicted octanol–water partition coefficient (Wildman–Crippen LogP) is 7.53. The number of rotatable bonds is 5. The van der Waals surface area contributed by atoms with Gasteiger partial charge in [-0.3, -0.25) is 4.31 Å². The minimum atomic E-state index is -4.04. The molecule has 1 aliphatic heterocycles. The molecule has 0 radical (unpaired) electrons. The molecule has 0 fully saturated rings. The lowest BCUT2D eigenvalue weighted by molar-refractivity contribution is 0.0600. The monoisotopic (exact) mass is 559 g/mol. The molecule has 2 aliphatic rings. The van der Waals surface area contributed by atoms with Crippen molar-refractivity contribution >= 4 is 38.3 Å². The van der Waals surface area contributed by atoms with Crippen LogP contribution in [0.5, 0.6) is 0 Å². The summed E-state index contributed by atoms with van der Waals surface area (Å²) >= 11 is 0. The average Bonchev–Trinajstić information content (AvgIpc) is 3.19. The van der Waals surface area contributed by atoms with E-state index in [-0.39, 0.29) is 4.90 Å². The van der Waals surface area contributed by atoms with Crippen molar-refractivity contribution in [2.75, 3.05) is 7.11 Å². The molecule has 0 bridgehead atoms. The van der Waals surface area contributed by atoms with Crippen molar-refractivity contribution in [3.63, 3.8) is 0 Å². The number of hydrogen-bond acceptors (Lipinski definition) is 4. The number of esters is 1. The maximum absolute atomic E-state index is 14.5. The van der Waals surface area contributed by atoms with Crippen molar-refractivity contribution in [3.8, 4) is 0 Å². The second-order valence-electron chi connectivity index (χ2n) is 10.3. The zero-order valence-electron chi connectivity index (χ0n) is 23.1. The van der Waals surface area contributed by atoms with Gasteiger partial charge in [0.05, 0.1) is 23.6 Å². The number of allylic oxidation sites excluding steroid dienone is 3. The Bertz CT molecular complexity index is 1870. The van der Waals surface area contributed by atoms with E-state index in [2.05, 4.69) is 6.58 Å². The molecule has 4 aromatic rings. The minimum absolute atomic E-state index is 0.190.